The van der Waals surface area contributed by atoms with Gasteiger partial charge in [-0.15, -0.1) is 0 Å². The van der Waals surface area contributed by atoms with Crippen LogP contribution in [0.4, 0.5) is 4.79 Å². The van der Waals surface area contributed by atoms with Crippen LogP contribution in [-0.4, -0.2) is 22.2 Å². The van der Waals surface area contributed by atoms with Crippen molar-refractivity contribution in [2.24, 2.45) is 0 Å². The van der Waals surface area contributed by atoms with Crippen molar-refractivity contribution < 1.29 is 19.8 Å². The van der Waals surface area contributed by atoms with E-state index in [0.29, 0.717) is 5.56 Å². The molecule has 0 radical (unpaired) electrons. The number of aryl methyl sites for hydroxylation is 1. The number of carbonyl (C=O) groups excluding carboxylic acids is 2. The van der Waals surface area contributed by atoms with Crippen LogP contribution in [0.3, 0.4) is 0 Å². The van der Waals surface area contributed by atoms with Gasteiger partial charge in [-0.2, -0.15) is 0 Å². The van der Waals surface area contributed by atoms with Gasteiger partial charge >= 0.3 is 6.03 Å². The predicted molar refractivity (Wildman–Crippen MR) is 105 cm³/mol. The fourth-order valence-corrected chi connectivity index (χ4v) is 3.05. The summed E-state index contributed by atoms with van der Waals surface area (Å²) in [5, 5.41) is 22.9. The maximum atomic E-state index is 12.3. The van der Waals surface area contributed by atoms with Crippen LogP contribution < -0.4 is 10.6 Å². The molecule has 0 spiro atoms. The second-order valence-corrected chi connectivity index (χ2v) is 6.33. The number of urea groups is 1. The van der Waals surface area contributed by atoms with Gasteiger partial charge in [0.15, 0.2) is 17.0 Å². The number of imide groups is 1. The molecule has 1 aliphatic heterocycles. The molecule has 6 heteroatoms. The van der Waals surface area contributed by atoms with Gasteiger partial charge in [0.05, 0.1) is 0 Å². The van der Waals surface area contributed by atoms with Crippen LogP contribution in [0.1, 0.15) is 16.7 Å². The van der Waals surface area contributed by atoms with Crippen molar-refractivity contribution in [1.82, 2.24) is 10.6 Å². The molecular formula is C22H20N2O4. The number of nitrogens with one attached hydrogen (secondary N) is 2. The Balaban J connectivity index is 0.000000211. The fraction of sp³-hybridized carbons (Fsp3) is 0.0909. The summed E-state index contributed by atoms with van der Waals surface area (Å²) in [5.74, 6) is -0.442. The Morgan fingerprint density at radius 3 is 1.68 bits per heavy atom. The summed E-state index contributed by atoms with van der Waals surface area (Å²) in [4.78, 5) is 23.9. The number of phenolic OH excluding ortho intramolecular Hbond substituents is 2. The number of para-hydroxylation sites is 1. The summed E-state index contributed by atoms with van der Waals surface area (Å²) in [6.07, 6.45) is 0. The van der Waals surface area contributed by atoms with Crippen LogP contribution in [0, 0.1) is 6.92 Å². The maximum absolute atomic E-state index is 12.3. The van der Waals surface area contributed by atoms with E-state index in [0.717, 1.165) is 11.1 Å². The minimum Gasteiger partial charge on any atom is -0.504 e. The van der Waals surface area contributed by atoms with Crippen molar-refractivity contribution in [3.63, 3.8) is 0 Å². The molecule has 0 saturated carbocycles. The van der Waals surface area contributed by atoms with E-state index in [-0.39, 0.29) is 17.4 Å². The van der Waals surface area contributed by atoms with Crippen LogP contribution in [0.25, 0.3) is 0 Å². The fourth-order valence-electron chi connectivity index (χ4n) is 3.05. The average Bonchev–Trinajstić information content (AvgIpc) is 3.03. The third-order valence-electron chi connectivity index (χ3n) is 4.50. The molecule has 3 aromatic rings. The normalized spacial score (nSPS) is 14.5. The highest BCUT2D eigenvalue weighted by Crippen LogP contribution is 2.32. The van der Waals surface area contributed by atoms with E-state index in [1.165, 1.54) is 6.07 Å². The number of phenols is 2. The van der Waals surface area contributed by atoms with Crippen LogP contribution >= 0.6 is 0 Å². The van der Waals surface area contributed by atoms with Crippen LogP contribution in [-0.2, 0) is 10.3 Å². The first-order chi connectivity index (χ1) is 13.4. The molecule has 3 amide bonds. The molecule has 1 aliphatic rings. The molecule has 0 aromatic heterocycles. The average molecular weight is 376 g/mol. The van der Waals surface area contributed by atoms with Crippen LogP contribution in [0.2, 0.25) is 0 Å². The highest BCUT2D eigenvalue weighted by Gasteiger charge is 2.48. The lowest BCUT2D eigenvalue weighted by atomic mass is 9.83. The monoisotopic (exact) mass is 376 g/mol. The van der Waals surface area contributed by atoms with E-state index in [9.17, 15) is 9.59 Å². The summed E-state index contributed by atoms with van der Waals surface area (Å²) in [6.45, 7) is 1.73. The van der Waals surface area contributed by atoms with Crippen molar-refractivity contribution in [2.45, 2.75) is 12.5 Å². The molecule has 142 valence electrons. The Kier molecular flexibility index (Phi) is 5.31. The summed E-state index contributed by atoms with van der Waals surface area (Å²) >= 11 is 0. The van der Waals surface area contributed by atoms with Gasteiger partial charge in [0, 0.05) is 0 Å². The number of aromatic hydroxyl groups is 2. The molecular weight excluding hydrogens is 356 g/mol. The van der Waals surface area contributed by atoms with E-state index >= 15 is 0 Å². The number of carbonyl (C=O) groups is 2. The van der Waals surface area contributed by atoms with Gasteiger partial charge in [0.1, 0.15) is 0 Å². The van der Waals surface area contributed by atoms with Gasteiger partial charge < -0.3 is 15.5 Å². The molecule has 0 atom stereocenters. The minimum absolute atomic E-state index is 0.0301. The molecule has 4 rings (SSSR count). The summed E-state index contributed by atoms with van der Waals surface area (Å²) in [7, 11) is 0. The van der Waals surface area contributed by atoms with E-state index < -0.39 is 11.6 Å². The number of rotatable bonds is 2. The number of hydrogen-bond donors (Lipinski definition) is 4. The first-order valence-electron chi connectivity index (χ1n) is 8.67. The van der Waals surface area contributed by atoms with Crippen molar-refractivity contribution in [3.8, 4) is 11.5 Å². The Labute approximate surface area is 162 Å². The standard InChI is InChI=1S/C15H12N2O2.C7H8O2/c18-13-15(17-14(19)16-13,11-7-3-1-4-8-11)12-9-5-2-6-10-12;1-5-3-2-4-6(8)7(5)9/h1-10H,(H2,16,17,18,19);2-4,8-9H,1H3. The third kappa shape index (κ3) is 3.53. The molecule has 4 N–H and O–H groups in total. The summed E-state index contributed by atoms with van der Waals surface area (Å²) < 4.78 is 0. The smallest absolute Gasteiger partial charge is 0.322 e. The van der Waals surface area contributed by atoms with E-state index in [2.05, 4.69) is 10.6 Å². The first kappa shape index (κ1) is 19.0. The van der Waals surface area contributed by atoms with Gasteiger partial charge in [-0.25, -0.2) is 4.79 Å². The van der Waals surface area contributed by atoms with E-state index in [1.807, 2.05) is 60.7 Å². The van der Waals surface area contributed by atoms with Crippen molar-refractivity contribution in [2.75, 3.05) is 0 Å². The largest absolute Gasteiger partial charge is 0.504 e. The van der Waals surface area contributed by atoms with E-state index in [1.54, 1.807) is 19.1 Å². The zero-order chi connectivity index (χ0) is 20.1. The number of hydrogen-bond acceptors (Lipinski definition) is 4. The zero-order valence-electron chi connectivity index (χ0n) is 15.2. The lowest BCUT2D eigenvalue weighted by Crippen LogP contribution is -2.44. The SMILES string of the molecule is Cc1cccc(O)c1O.O=C1NC(=O)C(c2ccccc2)(c2ccccc2)N1. The first-order valence-corrected chi connectivity index (χ1v) is 8.67. The quantitative estimate of drug-likeness (QED) is 0.408. The Morgan fingerprint density at radius 2 is 1.29 bits per heavy atom. The zero-order valence-corrected chi connectivity index (χ0v) is 15.2. The second-order valence-electron chi connectivity index (χ2n) is 6.33. The van der Waals surface area contributed by atoms with Crippen molar-refractivity contribution in [1.29, 1.82) is 0 Å². The van der Waals surface area contributed by atoms with Crippen LogP contribution in [0.5, 0.6) is 11.5 Å². The molecule has 0 unspecified atom stereocenters. The van der Waals surface area contributed by atoms with Gasteiger partial charge in [0.2, 0.25) is 0 Å². The highest BCUT2D eigenvalue weighted by atomic mass is 16.3. The molecule has 0 aliphatic carbocycles. The minimum atomic E-state index is -1.14. The van der Waals surface area contributed by atoms with Gasteiger partial charge in [0.25, 0.3) is 5.91 Å². The summed E-state index contributed by atoms with van der Waals surface area (Å²) in [5.41, 5.74) is 1.03. The lowest BCUT2D eigenvalue weighted by Gasteiger charge is -2.27. The molecule has 1 saturated heterocycles. The Bertz CT molecular complexity index is 928. The Hall–Kier alpha value is -3.80. The molecule has 0 bridgehead atoms. The second kappa shape index (κ2) is 7.84. The molecule has 6 nitrogen and oxygen atoms in total. The molecule has 3 aromatic carbocycles. The maximum Gasteiger partial charge on any atom is 0.322 e. The Morgan fingerprint density at radius 1 is 0.750 bits per heavy atom. The van der Waals surface area contributed by atoms with Crippen molar-refractivity contribution in [3.05, 3.63) is 95.6 Å². The van der Waals surface area contributed by atoms with E-state index in [4.69, 9.17) is 10.2 Å². The van der Waals surface area contributed by atoms with Gasteiger partial charge in [-0.3, -0.25) is 10.1 Å². The number of benzene rings is 3. The van der Waals surface area contributed by atoms with Gasteiger partial charge in [-0.05, 0) is 29.7 Å². The molecule has 28 heavy (non-hydrogen) atoms. The molecule has 1 fully saturated rings. The number of amides is 3. The highest BCUT2D eigenvalue weighted by molar-refractivity contribution is 6.09. The summed E-state index contributed by atoms with van der Waals surface area (Å²) in [6, 6.07) is 22.8. The van der Waals surface area contributed by atoms with Crippen molar-refractivity contribution >= 4 is 11.9 Å². The third-order valence-corrected chi connectivity index (χ3v) is 4.50. The lowest BCUT2D eigenvalue weighted by molar-refractivity contribution is -0.122. The molecule has 1 heterocycles. The topological polar surface area (TPSA) is 98.7 Å². The van der Waals surface area contributed by atoms with Crippen LogP contribution in [0.15, 0.2) is 78.9 Å². The predicted octanol–water partition coefficient (Wildman–Crippen LogP) is 3.18. The van der Waals surface area contributed by atoms with Gasteiger partial charge in [-0.1, -0.05) is 72.8 Å².